The second-order valence-electron chi connectivity index (χ2n) is 7.49. The van der Waals surface area contributed by atoms with Gasteiger partial charge < -0.3 is 10.2 Å². The Hall–Kier alpha value is -0.380. The van der Waals surface area contributed by atoms with Crippen molar-refractivity contribution >= 4 is 11.3 Å². The number of thiophene rings is 1. The minimum absolute atomic E-state index is 0.268. The van der Waals surface area contributed by atoms with Gasteiger partial charge in [0.05, 0.1) is 0 Å². The minimum atomic E-state index is 0.268. The second kappa shape index (κ2) is 7.58. The molecule has 20 heavy (non-hydrogen) atoms. The first kappa shape index (κ1) is 17.7. The number of hydrogen-bond acceptors (Lipinski definition) is 3. The molecule has 0 aliphatic rings. The lowest BCUT2D eigenvalue weighted by Crippen LogP contribution is -2.38. The molecule has 1 unspecified atom stereocenters. The number of hydrogen-bond donors (Lipinski definition) is 1. The standard InChI is InChI=1S/C17H32N2S/c1-13(2)10-14(12-19(6)7)18-11-15-8-9-16(20-15)17(3,4)5/h8-9,13-14,18H,10-12H2,1-7H3. The fraction of sp³-hybridized carbons (Fsp3) is 0.765. The third-order valence-electron chi connectivity index (χ3n) is 3.31. The van der Waals surface area contributed by atoms with Gasteiger partial charge in [0.2, 0.25) is 0 Å². The molecule has 0 aliphatic carbocycles. The zero-order valence-electron chi connectivity index (χ0n) is 14.3. The SMILES string of the molecule is CC(C)CC(CN(C)C)NCc1ccc(C(C)(C)C)s1. The highest BCUT2D eigenvalue weighted by atomic mass is 32.1. The Labute approximate surface area is 129 Å². The molecule has 0 spiro atoms. The lowest BCUT2D eigenvalue weighted by molar-refractivity contribution is 0.305. The van der Waals surface area contributed by atoms with E-state index >= 15 is 0 Å². The number of nitrogens with one attached hydrogen (secondary N) is 1. The highest BCUT2D eigenvalue weighted by Crippen LogP contribution is 2.29. The molecule has 1 atom stereocenters. The van der Waals surface area contributed by atoms with E-state index in [1.54, 1.807) is 0 Å². The van der Waals surface area contributed by atoms with Crippen LogP contribution in [0.25, 0.3) is 0 Å². The summed E-state index contributed by atoms with van der Waals surface area (Å²) in [5, 5.41) is 3.73. The molecule has 0 saturated heterocycles. The van der Waals surface area contributed by atoms with Gasteiger partial charge in [-0.05, 0) is 44.0 Å². The highest BCUT2D eigenvalue weighted by Gasteiger charge is 2.17. The van der Waals surface area contributed by atoms with Gasteiger partial charge in [0.15, 0.2) is 0 Å². The van der Waals surface area contributed by atoms with Crippen molar-refractivity contribution in [1.29, 1.82) is 0 Å². The first-order chi connectivity index (χ1) is 9.18. The van der Waals surface area contributed by atoms with Crippen LogP contribution in [-0.4, -0.2) is 31.6 Å². The van der Waals surface area contributed by atoms with Gasteiger partial charge in [-0.1, -0.05) is 34.6 Å². The zero-order valence-corrected chi connectivity index (χ0v) is 15.1. The molecule has 2 nitrogen and oxygen atoms in total. The first-order valence-corrected chi connectivity index (χ1v) is 8.47. The fourth-order valence-electron chi connectivity index (χ4n) is 2.35. The van der Waals surface area contributed by atoms with Gasteiger partial charge in [0, 0.05) is 28.9 Å². The minimum Gasteiger partial charge on any atom is -0.308 e. The molecule has 1 rings (SSSR count). The number of nitrogens with zero attached hydrogens (tertiary/aromatic N) is 1. The van der Waals surface area contributed by atoms with Gasteiger partial charge >= 0.3 is 0 Å². The topological polar surface area (TPSA) is 15.3 Å². The molecule has 1 heterocycles. The van der Waals surface area contributed by atoms with Gasteiger partial charge in [0.1, 0.15) is 0 Å². The summed E-state index contributed by atoms with van der Waals surface area (Å²) in [5.41, 5.74) is 0.268. The van der Waals surface area contributed by atoms with Crippen LogP contribution in [0.2, 0.25) is 0 Å². The van der Waals surface area contributed by atoms with Crippen LogP contribution in [0.4, 0.5) is 0 Å². The smallest absolute Gasteiger partial charge is 0.0302 e. The average molecular weight is 297 g/mol. The molecule has 1 N–H and O–H groups in total. The van der Waals surface area contributed by atoms with E-state index in [1.807, 2.05) is 11.3 Å². The largest absolute Gasteiger partial charge is 0.308 e. The summed E-state index contributed by atoms with van der Waals surface area (Å²) >= 11 is 1.94. The average Bonchev–Trinajstić information content (AvgIpc) is 2.72. The van der Waals surface area contributed by atoms with E-state index in [2.05, 4.69) is 71.1 Å². The Balaban J connectivity index is 2.56. The van der Waals surface area contributed by atoms with Gasteiger partial charge in [0.25, 0.3) is 0 Å². The van der Waals surface area contributed by atoms with Crippen molar-refractivity contribution in [3.8, 4) is 0 Å². The van der Waals surface area contributed by atoms with Crippen LogP contribution in [-0.2, 0) is 12.0 Å². The summed E-state index contributed by atoms with van der Waals surface area (Å²) < 4.78 is 0. The van der Waals surface area contributed by atoms with E-state index in [0.29, 0.717) is 6.04 Å². The predicted molar refractivity (Wildman–Crippen MR) is 91.7 cm³/mol. The summed E-state index contributed by atoms with van der Waals surface area (Å²) in [7, 11) is 4.30. The molecular weight excluding hydrogens is 264 g/mol. The molecule has 0 aromatic carbocycles. The molecule has 116 valence electrons. The van der Waals surface area contributed by atoms with E-state index < -0.39 is 0 Å². The van der Waals surface area contributed by atoms with E-state index in [9.17, 15) is 0 Å². The number of likely N-dealkylation sites (N-methyl/N-ethyl adjacent to an activating group) is 1. The first-order valence-electron chi connectivity index (χ1n) is 7.65. The van der Waals surface area contributed by atoms with Gasteiger partial charge in [-0.25, -0.2) is 0 Å². The van der Waals surface area contributed by atoms with Crippen LogP contribution in [0.1, 0.15) is 50.8 Å². The quantitative estimate of drug-likeness (QED) is 0.814. The Morgan fingerprint density at radius 2 is 1.85 bits per heavy atom. The molecule has 0 saturated carbocycles. The van der Waals surface area contributed by atoms with Gasteiger partial charge in [-0.2, -0.15) is 0 Å². The predicted octanol–water partition coefficient (Wildman–Crippen LogP) is 4.11. The van der Waals surface area contributed by atoms with Crippen molar-refractivity contribution in [2.75, 3.05) is 20.6 Å². The molecule has 0 fully saturated rings. The molecule has 0 amide bonds. The zero-order chi connectivity index (χ0) is 15.3. The van der Waals surface area contributed by atoms with Crippen molar-refractivity contribution in [2.24, 2.45) is 5.92 Å². The second-order valence-corrected chi connectivity index (χ2v) is 8.65. The summed E-state index contributed by atoms with van der Waals surface area (Å²) in [6.45, 7) is 13.5. The molecule has 1 aromatic rings. The van der Waals surface area contributed by atoms with Crippen molar-refractivity contribution in [2.45, 2.75) is 59.0 Å². The Kier molecular flexibility index (Phi) is 6.70. The molecule has 0 aliphatic heterocycles. The van der Waals surface area contributed by atoms with Crippen molar-refractivity contribution in [1.82, 2.24) is 10.2 Å². The molecular formula is C17H32N2S. The Bertz CT molecular complexity index is 378. The number of rotatable bonds is 7. The maximum Gasteiger partial charge on any atom is 0.0302 e. The highest BCUT2D eigenvalue weighted by molar-refractivity contribution is 7.12. The third kappa shape index (κ3) is 6.38. The fourth-order valence-corrected chi connectivity index (χ4v) is 3.37. The van der Waals surface area contributed by atoms with Crippen LogP contribution in [0.5, 0.6) is 0 Å². The lowest BCUT2D eigenvalue weighted by atomic mass is 9.95. The normalized spacial score (nSPS) is 14.2. The summed E-state index contributed by atoms with van der Waals surface area (Å²) in [6, 6.07) is 5.14. The summed E-state index contributed by atoms with van der Waals surface area (Å²) in [6.07, 6.45) is 1.23. The van der Waals surface area contributed by atoms with Crippen LogP contribution in [0, 0.1) is 5.92 Å². The monoisotopic (exact) mass is 296 g/mol. The molecule has 0 bridgehead atoms. The van der Waals surface area contributed by atoms with Crippen molar-refractivity contribution in [3.05, 3.63) is 21.9 Å². The third-order valence-corrected chi connectivity index (χ3v) is 4.82. The van der Waals surface area contributed by atoms with Crippen LogP contribution in [0.15, 0.2) is 12.1 Å². The van der Waals surface area contributed by atoms with E-state index in [4.69, 9.17) is 0 Å². The Morgan fingerprint density at radius 1 is 1.20 bits per heavy atom. The van der Waals surface area contributed by atoms with Crippen molar-refractivity contribution < 1.29 is 0 Å². The lowest BCUT2D eigenvalue weighted by Gasteiger charge is -2.24. The van der Waals surface area contributed by atoms with Crippen LogP contribution < -0.4 is 5.32 Å². The van der Waals surface area contributed by atoms with E-state index in [-0.39, 0.29) is 5.41 Å². The molecule has 1 aromatic heterocycles. The van der Waals surface area contributed by atoms with Gasteiger partial charge in [-0.15, -0.1) is 11.3 Å². The van der Waals surface area contributed by atoms with E-state index in [1.165, 1.54) is 16.2 Å². The maximum atomic E-state index is 3.73. The summed E-state index contributed by atoms with van der Waals surface area (Å²) in [5.74, 6) is 0.737. The van der Waals surface area contributed by atoms with Crippen LogP contribution >= 0.6 is 11.3 Å². The van der Waals surface area contributed by atoms with Crippen LogP contribution in [0.3, 0.4) is 0 Å². The van der Waals surface area contributed by atoms with Gasteiger partial charge in [-0.3, -0.25) is 0 Å². The summed E-state index contributed by atoms with van der Waals surface area (Å²) in [4.78, 5) is 5.19. The molecule has 0 radical (unpaired) electrons. The van der Waals surface area contributed by atoms with E-state index in [0.717, 1.165) is 19.0 Å². The van der Waals surface area contributed by atoms with Crippen molar-refractivity contribution in [3.63, 3.8) is 0 Å². The maximum absolute atomic E-state index is 3.73. The Morgan fingerprint density at radius 3 is 2.30 bits per heavy atom. The molecule has 3 heteroatoms.